The first kappa shape index (κ1) is 10.4. The van der Waals surface area contributed by atoms with Crippen LogP contribution in [0.2, 0.25) is 0 Å². The molecule has 0 unspecified atom stereocenters. The molecule has 0 spiro atoms. The van der Waals surface area contributed by atoms with Gasteiger partial charge in [0.15, 0.2) is 0 Å². The van der Waals surface area contributed by atoms with Gasteiger partial charge in [-0.05, 0) is 30.5 Å². The molecule has 3 nitrogen and oxygen atoms in total. The lowest BCUT2D eigenvalue weighted by molar-refractivity contribution is -0.116. The van der Waals surface area contributed by atoms with Gasteiger partial charge >= 0.3 is 0 Å². The average Bonchev–Trinajstić information content (AvgIpc) is 2.25. The smallest absolute Gasteiger partial charge is 0.243 e. The number of nitrogens with zero attached hydrogens (tertiary/aromatic N) is 1. The van der Waals surface area contributed by atoms with Crippen LogP contribution in [0.15, 0.2) is 37.2 Å². The number of rotatable bonds is 5. The Balaban J connectivity index is 2.16. The van der Waals surface area contributed by atoms with E-state index in [0.717, 1.165) is 12.8 Å². The van der Waals surface area contributed by atoms with E-state index in [1.54, 1.807) is 6.20 Å². The van der Waals surface area contributed by atoms with Crippen molar-refractivity contribution in [3.8, 4) is 0 Å². The molecule has 74 valence electrons. The lowest BCUT2D eigenvalue weighted by Gasteiger charge is -2.01. The predicted octanol–water partition coefficient (Wildman–Crippen LogP) is 1.32. The number of aromatic nitrogens is 1. The van der Waals surface area contributed by atoms with E-state index in [2.05, 4.69) is 16.9 Å². The molecule has 1 N–H and O–H groups in total. The summed E-state index contributed by atoms with van der Waals surface area (Å²) in [6, 6.07) is 3.94. The maximum Gasteiger partial charge on any atom is 0.243 e. The van der Waals surface area contributed by atoms with Crippen molar-refractivity contribution in [3.63, 3.8) is 0 Å². The van der Waals surface area contributed by atoms with E-state index >= 15 is 0 Å². The van der Waals surface area contributed by atoms with Crippen molar-refractivity contribution in [2.45, 2.75) is 12.8 Å². The van der Waals surface area contributed by atoms with E-state index in [1.165, 1.54) is 11.6 Å². The summed E-state index contributed by atoms with van der Waals surface area (Å²) >= 11 is 0. The Morgan fingerprint density at radius 3 is 3.14 bits per heavy atom. The molecule has 0 bridgehead atoms. The molecular weight excluding hydrogens is 176 g/mol. The largest absolute Gasteiger partial charge is 0.353 e. The molecule has 0 atom stereocenters. The Morgan fingerprint density at radius 1 is 1.64 bits per heavy atom. The number of hydrogen-bond donors (Lipinski definition) is 1. The summed E-state index contributed by atoms with van der Waals surface area (Å²) < 4.78 is 0. The molecule has 1 aromatic heterocycles. The molecule has 0 saturated carbocycles. The maximum atomic E-state index is 10.8. The van der Waals surface area contributed by atoms with Gasteiger partial charge in [0, 0.05) is 18.9 Å². The Kier molecular flexibility index (Phi) is 4.41. The topological polar surface area (TPSA) is 42.0 Å². The summed E-state index contributed by atoms with van der Waals surface area (Å²) in [6.45, 7) is 4.06. The van der Waals surface area contributed by atoms with E-state index in [4.69, 9.17) is 0 Å². The zero-order chi connectivity index (χ0) is 10.2. The molecule has 0 aliphatic heterocycles. The number of carbonyl (C=O) groups is 1. The third kappa shape index (κ3) is 3.85. The summed E-state index contributed by atoms with van der Waals surface area (Å²) in [5.74, 6) is -0.115. The first-order valence-electron chi connectivity index (χ1n) is 4.62. The second-order valence-corrected chi connectivity index (χ2v) is 2.96. The highest BCUT2D eigenvalue weighted by atomic mass is 16.1. The van der Waals surface area contributed by atoms with Crippen molar-refractivity contribution >= 4 is 5.91 Å². The molecule has 3 heteroatoms. The molecule has 0 saturated heterocycles. The third-order valence-electron chi connectivity index (χ3n) is 1.85. The van der Waals surface area contributed by atoms with E-state index < -0.39 is 0 Å². The van der Waals surface area contributed by atoms with Gasteiger partial charge in [0.25, 0.3) is 0 Å². The molecule has 0 radical (unpaired) electrons. The first-order valence-corrected chi connectivity index (χ1v) is 4.62. The second-order valence-electron chi connectivity index (χ2n) is 2.96. The van der Waals surface area contributed by atoms with Gasteiger partial charge in [-0.25, -0.2) is 0 Å². The fourth-order valence-corrected chi connectivity index (χ4v) is 1.12. The van der Waals surface area contributed by atoms with Gasteiger partial charge < -0.3 is 5.32 Å². The van der Waals surface area contributed by atoms with Crippen LogP contribution in [-0.2, 0) is 11.2 Å². The van der Waals surface area contributed by atoms with E-state index in [0.29, 0.717) is 6.54 Å². The van der Waals surface area contributed by atoms with Gasteiger partial charge in [0.05, 0.1) is 0 Å². The Hall–Kier alpha value is -1.64. The van der Waals surface area contributed by atoms with Crippen LogP contribution in [0.4, 0.5) is 0 Å². The predicted molar refractivity (Wildman–Crippen MR) is 55.8 cm³/mol. The van der Waals surface area contributed by atoms with Crippen LogP contribution in [0.25, 0.3) is 0 Å². The average molecular weight is 190 g/mol. The van der Waals surface area contributed by atoms with Crippen LogP contribution >= 0.6 is 0 Å². The number of nitrogens with one attached hydrogen (secondary N) is 1. The van der Waals surface area contributed by atoms with Crippen molar-refractivity contribution in [1.82, 2.24) is 10.3 Å². The number of pyridine rings is 1. The Labute approximate surface area is 83.9 Å². The number of amides is 1. The first-order chi connectivity index (χ1) is 6.83. The van der Waals surface area contributed by atoms with Crippen LogP contribution in [0.5, 0.6) is 0 Å². The summed E-state index contributed by atoms with van der Waals surface area (Å²) in [5, 5.41) is 2.73. The summed E-state index contributed by atoms with van der Waals surface area (Å²) in [7, 11) is 0. The second kappa shape index (κ2) is 5.91. The van der Waals surface area contributed by atoms with Gasteiger partial charge in [-0.15, -0.1) is 0 Å². The normalized spacial score (nSPS) is 9.43. The highest BCUT2D eigenvalue weighted by Crippen LogP contribution is 1.98. The van der Waals surface area contributed by atoms with Crippen LogP contribution in [0.1, 0.15) is 12.0 Å². The third-order valence-corrected chi connectivity index (χ3v) is 1.85. The molecule has 1 amide bonds. The molecule has 14 heavy (non-hydrogen) atoms. The summed E-state index contributed by atoms with van der Waals surface area (Å²) in [5.41, 5.74) is 1.19. The quantitative estimate of drug-likeness (QED) is 0.562. The van der Waals surface area contributed by atoms with Gasteiger partial charge in [0.2, 0.25) is 5.91 Å². The molecule has 1 aromatic rings. The van der Waals surface area contributed by atoms with Crippen molar-refractivity contribution < 1.29 is 4.79 Å². The zero-order valence-electron chi connectivity index (χ0n) is 8.07. The van der Waals surface area contributed by atoms with Crippen LogP contribution in [0.3, 0.4) is 0 Å². The minimum Gasteiger partial charge on any atom is -0.353 e. The number of aryl methyl sites for hydroxylation is 1. The fraction of sp³-hybridized carbons (Fsp3) is 0.273. The molecule has 0 aliphatic rings. The monoisotopic (exact) mass is 190 g/mol. The molecule has 1 heterocycles. The van der Waals surface area contributed by atoms with Gasteiger partial charge in [0.1, 0.15) is 0 Å². The van der Waals surface area contributed by atoms with Crippen LogP contribution < -0.4 is 5.32 Å². The SMILES string of the molecule is C=CC(=O)NCCCc1cccnc1. The minimum atomic E-state index is -0.115. The van der Waals surface area contributed by atoms with E-state index in [9.17, 15) is 4.79 Å². The van der Waals surface area contributed by atoms with E-state index in [1.807, 2.05) is 18.3 Å². The molecule has 1 rings (SSSR count). The Bertz CT molecular complexity index is 295. The Morgan fingerprint density at radius 2 is 2.50 bits per heavy atom. The number of hydrogen-bond acceptors (Lipinski definition) is 2. The van der Waals surface area contributed by atoms with Crippen LogP contribution in [0, 0.1) is 0 Å². The van der Waals surface area contributed by atoms with Gasteiger partial charge in [-0.3, -0.25) is 9.78 Å². The lowest BCUT2D eigenvalue weighted by atomic mass is 10.1. The lowest BCUT2D eigenvalue weighted by Crippen LogP contribution is -2.22. The van der Waals surface area contributed by atoms with Crippen molar-refractivity contribution in [3.05, 3.63) is 42.7 Å². The van der Waals surface area contributed by atoms with Crippen molar-refractivity contribution in [1.29, 1.82) is 0 Å². The molecular formula is C11H14N2O. The van der Waals surface area contributed by atoms with Crippen molar-refractivity contribution in [2.24, 2.45) is 0 Å². The molecule has 0 aromatic carbocycles. The highest BCUT2D eigenvalue weighted by molar-refractivity contribution is 5.86. The highest BCUT2D eigenvalue weighted by Gasteiger charge is 1.94. The zero-order valence-corrected chi connectivity index (χ0v) is 8.07. The molecule has 0 aliphatic carbocycles. The minimum absolute atomic E-state index is 0.115. The standard InChI is InChI=1S/C11H14N2O/c1-2-11(14)13-8-4-6-10-5-3-7-12-9-10/h2-3,5,7,9H,1,4,6,8H2,(H,13,14). The molecule has 0 fully saturated rings. The van der Waals surface area contributed by atoms with E-state index in [-0.39, 0.29) is 5.91 Å². The van der Waals surface area contributed by atoms with Crippen LogP contribution in [-0.4, -0.2) is 17.4 Å². The number of carbonyl (C=O) groups excluding carboxylic acids is 1. The fourth-order valence-electron chi connectivity index (χ4n) is 1.12. The van der Waals surface area contributed by atoms with Gasteiger partial charge in [-0.2, -0.15) is 0 Å². The maximum absolute atomic E-state index is 10.8. The summed E-state index contributed by atoms with van der Waals surface area (Å²) in [4.78, 5) is 14.8. The summed E-state index contributed by atoms with van der Waals surface area (Å²) in [6.07, 6.45) is 6.74. The van der Waals surface area contributed by atoms with Crippen molar-refractivity contribution in [2.75, 3.05) is 6.54 Å². The van der Waals surface area contributed by atoms with Gasteiger partial charge in [-0.1, -0.05) is 12.6 Å².